The number of rotatable bonds is 6. The number of hydrogen-bond acceptors (Lipinski definition) is 3. The standard InChI is InChI=1S/C8H14ClN3O3/c9-4-3-7(14)12-8(15)11-5-1-2-6(10)13/h1-5H2,(H2,10,13)(H2,11,12,14,15). The topological polar surface area (TPSA) is 101 Å². The maximum absolute atomic E-state index is 11.0. The molecule has 0 spiro atoms. The fraction of sp³-hybridized carbons (Fsp3) is 0.625. The zero-order chi connectivity index (χ0) is 11.7. The highest BCUT2D eigenvalue weighted by Crippen LogP contribution is 1.86. The summed E-state index contributed by atoms with van der Waals surface area (Å²) < 4.78 is 0. The molecular formula is C8H14ClN3O3. The number of nitrogens with one attached hydrogen (secondary N) is 2. The summed E-state index contributed by atoms with van der Waals surface area (Å²) in [7, 11) is 0. The lowest BCUT2D eigenvalue weighted by atomic mass is 10.3. The SMILES string of the molecule is NC(=O)CCCNC(=O)NC(=O)CCCl. The van der Waals surface area contributed by atoms with Crippen molar-refractivity contribution >= 4 is 29.4 Å². The minimum Gasteiger partial charge on any atom is -0.370 e. The van der Waals surface area contributed by atoms with Gasteiger partial charge in [0.1, 0.15) is 0 Å². The van der Waals surface area contributed by atoms with E-state index in [1.807, 2.05) is 0 Å². The van der Waals surface area contributed by atoms with Crippen LogP contribution in [0.25, 0.3) is 0 Å². The van der Waals surface area contributed by atoms with Crippen LogP contribution in [-0.4, -0.2) is 30.3 Å². The van der Waals surface area contributed by atoms with Gasteiger partial charge in [0, 0.05) is 25.3 Å². The van der Waals surface area contributed by atoms with Gasteiger partial charge in [-0.1, -0.05) is 0 Å². The number of imide groups is 1. The molecule has 0 saturated carbocycles. The van der Waals surface area contributed by atoms with Crippen molar-refractivity contribution in [2.45, 2.75) is 19.3 Å². The van der Waals surface area contributed by atoms with E-state index in [1.54, 1.807) is 0 Å². The minimum absolute atomic E-state index is 0.0935. The van der Waals surface area contributed by atoms with E-state index in [4.69, 9.17) is 17.3 Å². The summed E-state index contributed by atoms with van der Waals surface area (Å²) in [6.07, 6.45) is 0.749. The molecule has 4 N–H and O–H groups in total. The first kappa shape index (κ1) is 13.7. The lowest BCUT2D eigenvalue weighted by molar-refractivity contribution is -0.120. The zero-order valence-electron chi connectivity index (χ0n) is 8.22. The van der Waals surface area contributed by atoms with Crippen LogP contribution in [0.15, 0.2) is 0 Å². The number of alkyl halides is 1. The average molecular weight is 236 g/mol. The first-order valence-electron chi connectivity index (χ1n) is 4.48. The molecule has 0 aliphatic carbocycles. The van der Waals surface area contributed by atoms with Crippen LogP contribution in [-0.2, 0) is 9.59 Å². The lowest BCUT2D eigenvalue weighted by Gasteiger charge is -2.04. The second-order valence-corrected chi connectivity index (χ2v) is 3.19. The monoisotopic (exact) mass is 235 g/mol. The van der Waals surface area contributed by atoms with Crippen LogP contribution < -0.4 is 16.4 Å². The smallest absolute Gasteiger partial charge is 0.321 e. The van der Waals surface area contributed by atoms with Gasteiger partial charge in [0.15, 0.2) is 0 Å². The molecule has 0 aromatic heterocycles. The fourth-order valence-electron chi connectivity index (χ4n) is 0.784. The number of amides is 4. The Kier molecular flexibility index (Phi) is 7.35. The summed E-state index contributed by atoms with van der Waals surface area (Å²) >= 11 is 5.30. The van der Waals surface area contributed by atoms with Crippen LogP contribution in [0.5, 0.6) is 0 Å². The second kappa shape index (κ2) is 8.05. The number of nitrogens with two attached hydrogens (primary N) is 1. The zero-order valence-corrected chi connectivity index (χ0v) is 8.97. The molecule has 0 fully saturated rings. The average Bonchev–Trinajstić information content (AvgIpc) is 2.12. The van der Waals surface area contributed by atoms with Crippen LogP contribution in [0.2, 0.25) is 0 Å². The number of carbonyl (C=O) groups is 3. The quantitative estimate of drug-likeness (QED) is 0.435. The molecule has 0 rings (SSSR count). The van der Waals surface area contributed by atoms with Gasteiger partial charge < -0.3 is 11.1 Å². The van der Waals surface area contributed by atoms with Gasteiger partial charge >= 0.3 is 6.03 Å². The first-order chi connectivity index (χ1) is 7.06. The van der Waals surface area contributed by atoms with Crippen molar-refractivity contribution < 1.29 is 14.4 Å². The predicted molar refractivity (Wildman–Crippen MR) is 55.3 cm³/mol. The van der Waals surface area contributed by atoms with Gasteiger partial charge in [0.05, 0.1) is 0 Å². The van der Waals surface area contributed by atoms with E-state index < -0.39 is 17.8 Å². The van der Waals surface area contributed by atoms with Crippen molar-refractivity contribution in [2.75, 3.05) is 12.4 Å². The van der Waals surface area contributed by atoms with Crippen LogP contribution in [0.3, 0.4) is 0 Å². The van der Waals surface area contributed by atoms with Crippen molar-refractivity contribution in [3.05, 3.63) is 0 Å². The molecule has 0 heterocycles. The Bertz CT molecular complexity index is 245. The number of halogens is 1. The van der Waals surface area contributed by atoms with Crippen molar-refractivity contribution in [2.24, 2.45) is 5.73 Å². The number of hydrogen-bond donors (Lipinski definition) is 3. The molecule has 0 atom stereocenters. The van der Waals surface area contributed by atoms with E-state index in [9.17, 15) is 14.4 Å². The second-order valence-electron chi connectivity index (χ2n) is 2.81. The molecule has 15 heavy (non-hydrogen) atoms. The molecule has 0 bridgehead atoms. The van der Waals surface area contributed by atoms with Gasteiger partial charge in [-0.15, -0.1) is 11.6 Å². The normalized spacial score (nSPS) is 9.40. The minimum atomic E-state index is -0.588. The Morgan fingerprint density at radius 2 is 1.87 bits per heavy atom. The molecule has 86 valence electrons. The fourth-order valence-corrected chi connectivity index (χ4v) is 0.955. The Balaban J connectivity index is 3.49. The molecule has 0 unspecified atom stereocenters. The van der Waals surface area contributed by atoms with E-state index >= 15 is 0 Å². The van der Waals surface area contributed by atoms with Gasteiger partial charge in [-0.25, -0.2) is 4.79 Å². The molecule has 0 radical (unpaired) electrons. The molecule has 4 amide bonds. The molecule has 0 aliphatic heterocycles. The Morgan fingerprint density at radius 1 is 1.20 bits per heavy atom. The molecular weight excluding hydrogens is 222 g/mol. The molecule has 0 aromatic carbocycles. The van der Waals surface area contributed by atoms with Crippen molar-refractivity contribution in [3.8, 4) is 0 Å². The molecule has 6 nitrogen and oxygen atoms in total. The number of carbonyl (C=O) groups excluding carboxylic acids is 3. The van der Waals surface area contributed by atoms with Gasteiger partial charge in [0.25, 0.3) is 0 Å². The third-order valence-corrected chi connectivity index (χ3v) is 1.65. The Labute approximate surface area is 92.5 Å². The largest absolute Gasteiger partial charge is 0.370 e. The summed E-state index contributed by atoms with van der Waals surface area (Å²) in [4.78, 5) is 32.2. The van der Waals surface area contributed by atoms with Crippen LogP contribution in [0, 0.1) is 0 Å². The molecule has 7 heteroatoms. The van der Waals surface area contributed by atoms with Gasteiger partial charge in [-0.2, -0.15) is 0 Å². The maximum atomic E-state index is 11.0. The molecule has 0 aliphatic rings. The molecule has 0 saturated heterocycles. The van der Waals surface area contributed by atoms with E-state index in [2.05, 4.69) is 10.6 Å². The molecule has 0 aromatic rings. The summed E-state index contributed by atoms with van der Waals surface area (Å²) in [6.45, 7) is 0.295. The van der Waals surface area contributed by atoms with Gasteiger partial charge in [0.2, 0.25) is 11.8 Å². The number of urea groups is 1. The summed E-state index contributed by atoms with van der Waals surface area (Å²) in [6, 6.07) is -0.588. The van der Waals surface area contributed by atoms with Crippen molar-refractivity contribution in [3.63, 3.8) is 0 Å². The van der Waals surface area contributed by atoms with Crippen LogP contribution >= 0.6 is 11.6 Å². The van der Waals surface area contributed by atoms with Crippen LogP contribution in [0.4, 0.5) is 4.79 Å². The number of primary amides is 1. The van der Waals surface area contributed by atoms with E-state index in [1.165, 1.54) is 0 Å². The third kappa shape index (κ3) is 9.01. The predicted octanol–water partition coefficient (Wildman–Crippen LogP) is -0.293. The highest BCUT2D eigenvalue weighted by atomic mass is 35.5. The summed E-state index contributed by atoms with van der Waals surface area (Å²) in [5.74, 6) is -0.686. The Hall–Kier alpha value is -1.30. The lowest BCUT2D eigenvalue weighted by Crippen LogP contribution is -2.40. The highest BCUT2D eigenvalue weighted by molar-refractivity contribution is 6.19. The van der Waals surface area contributed by atoms with Crippen LogP contribution in [0.1, 0.15) is 19.3 Å². The van der Waals surface area contributed by atoms with Gasteiger partial charge in [-0.05, 0) is 6.42 Å². The highest BCUT2D eigenvalue weighted by Gasteiger charge is 2.05. The summed E-state index contributed by atoms with van der Waals surface area (Å²) in [5.41, 5.74) is 4.89. The van der Waals surface area contributed by atoms with Crippen molar-refractivity contribution in [1.29, 1.82) is 0 Å². The van der Waals surface area contributed by atoms with E-state index in [-0.39, 0.29) is 18.7 Å². The summed E-state index contributed by atoms with van der Waals surface area (Å²) in [5, 5.41) is 4.48. The van der Waals surface area contributed by atoms with E-state index in [0.29, 0.717) is 13.0 Å². The maximum Gasteiger partial charge on any atom is 0.321 e. The first-order valence-corrected chi connectivity index (χ1v) is 5.01. The third-order valence-electron chi connectivity index (χ3n) is 1.46. The van der Waals surface area contributed by atoms with Gasteiger partial charge in [-0.3, -0.25) is 14.9 Å². The van der Waals surface area contributed by atoms with E-state index in [0.717, 1.165) is 0 Å². The Morgan fingerprint density at radius 3 is 2.40 bits per heavy atom. The van der Waals surface area contributed by atoms with Crippen molar-refractivity contribution in [1.82, 2.24) is 10.6 Å².